The van der Waals surface area contributed by atoms with Gasteiger partial charge in [-0.05, 0) is 67.2 Å². The van der Waals surface area contributed by atoms with Crippen molar-refractivity contribution in [2.45, 2.75) is 90.1 Å². The summed E-state index contributed by atoms with van der Waals surface area (Å²) in [7, 11) is 0. The van der Waals surface area contributed by atoms with Crippen molar-refractivity contribution in [3.05, 3.63) is 52.8 Å². The maximum atomic E-state index is 14.8. The third-order valence-electron chi connectivity index (χ3n) is 7.20. The van der Waals surface area contributed by atoms with Gasteiger partial charge >= 0.3 is 6.11 Å². The van der Waals surface area contributed by atoms with E-state index < -0.39 is 11.9 Å². The number of unbranched alkanes of at least 4 members (excludes halogenated alkanes) is 4. The van der Waals surface area contributed by atoms with Gasteiger partial charge in [0.15, 0.2) is 11.6 Å². The maximum absolute atomic E-state index is 14.8. The van der Waals surface area contributed by atoms with E-state index in [1.807, 2.05) is 6.07 Å². The van der Waals surface area contributed by atoms with E-state index >= 15 is 0 Å². The second kappa shape index (κ2) is 9.26. The normalized spacial score (nSPS) is 21.8. The molecule has 4 heteroatoms. The van der Waals surface area contributed by atoms with Crippen molar-refractivity contribution in [1.82, 2.24) is 0 Å². The molecule has 168 valence electrons. The summed E-state index contributed by atoms with van der Waals surface area (Å²) in [6.07, 6.45) is 8.81. The Labute approximate surface area is 184 Å². The lowest BCUT2D eigenvalue weighted by Crippen LogP contribution is -2.27. The minimum absolute atomic E-state index is 0.140. The predicted octanol–water partition coefficient (Wildman–Crippen LogP) is 8.88. The van der Waals surface area contributed by atoms with Crippen molar-refractivity contribution in [1.29, 1.82) is 0 Å². The van der Waals surface area contributed by atoms with Crippen molar-refractivity contribution in [2.24, 2.45) is 5.92 Å². The standard InChI is InChI=1S/C27H33F3O/c1-3-4-5-6-7-8-19-10-12-20(13-11-19)21-14-16-22-23-15-9-18(2)25(28)26(23)31-27(29,30)24(22)17-21/h9,14-17,19-20H,3-8,10-13H2,1-2H3. The monoisotopic (exact) mass is 430 g/mol. The zero-order valence-corrected chi connectivity index (χ0v) is 18.7. The molecule has 0 N–H and O–H groups in total. The summed E-state index contributed by atoms with van der Waals surface area (Å²) < 4.78 is 49.0. The summed E-state index contributed by atoms with van der Waals surface area (Å²) in [4.78, 5) is 0. The molecule has 0 saturated heterocycles. The topological polar surface area (TPSA) is 9.23 Å². The van der Waals surface area contributed by atoms with Gasteiger partial charge in [0.05, 0.1) is 5.56 Å². The number of rotatable bonds is 7. The van der Waals surface area contributed by atoms with Crippen LogP contribution in [-0.4, -0.2) is 0 Å². The van der Waals surface area contributed by atoms with E-state index in [1.165, 1.54) is 51.4 Å². The van der Waals surface area contributed by atoms with Gasteiger partial charge in [-0.1, -0.05) is 69.7 Å². The molecule has 0 amide bonds. The first-order chi connectivity index (χ1) is 14.9. The Morgan fingerprint density at radius 2 is 1.65 bits per heavy atom. The average Bonchev–Trinajstić information content (AvgIpc) is 2.77. The first-order valence-corrected chi connectivity index (χ1v) is 11.9. The Kier molecular flexibility index (Phi) is 6.64. The number of fused-ring (bicyclic) bond motifs is 3. The van der Waals surface area contributed by atoms with Gasteiger partial charge in [-0.25, -0.2) is 4.39 Å². The number of ether oxygens (including phenoxy) is 1. The van der Waals surface area contributed by atoms with Gasteiger partial charge in [0.1, 0.15) is 0 Å². The summed E-state index contributed by atoms with van der Waals surface area (Å²) >= 11 is 0. The fourth-order valence-corrected chi connectivity index (χ4v) is 5.26. The number of benzene rings is 2. The highest BCUT2D eigenvalue weighted by Crippen LogP contribution is 2.50. The van der Waals surface area contributed by atoms with Crippen LogP contribution in [0.3, 0.4) is 0 Å². The molecule has 1 fully saturated rings. The fraction of sp³-hybridized carbons (Fsp3) is 0.556. The molecule has 0 radical (unpaired) electrons. The van der Waals surface area contributed by atoms with Crippen LogP contribution >= 0.6 is 0 Å². The van der Waals surface area contributed by atoms with Gasteiger partial charge in [-0.15, -0.1) is 0 Å². The van der Waals surface area contributed by atoms with Crippen molar-refractivity contribution in [3.8, 4) is 16.9 Å². The smallest absolute Gasteiger partial charge is 0.425 e. The van der Waals surface area contributed by atoms with E-state index in [1.54, 1.807) is 31.2 Å². The Morgan fingerprint density at radius 1 is 0.935 bits per heavy atom. The Morgan fingerprint density at radius 3 is 2.39 bits per heavy atom. The summed E-state index contributed by atoms with van der Waals surface area (Å²) in [5.41, 5.74) is 1.90. The van der Waals surface area contributed by atoms with E-state index in [-0.39, 0.29) is 11.3 Å². The highest BCUT2D eigenvalue weighted by atomic mass is 19.3. The molecule has 1 aliphatic carbocycles. The van der Waals surface area contributed by atoms with Crippen LogP contribution in [-0.2, 0) is 6.11 Å². The van der Waals surface area contributed by atoms with Gasteiger partial charge in [0, 0.05) is 5.56 Å². The zero-order chi connectivity index (χ0) is 22.0. The molecule has 2 aromatic carbocycles. The van der Waals surface area contributed by atoms with Crippen LogP contribution in [0, 0.1) is 18.7 Å². The quantitative estimate of drug-likeness (QED) is 0.399. The average molecular weight is 431 g/mol. The summed E-state index contributed by atoms with van der Waals surface area (Å²) in [5, 5.41) is 0. The first-order valence-electron chi connectivity index (χ1n) is 11.9. The Hall–Kier alpha value is -1.97. The SMILES string of the molecule is CCCCCCCC1CCC(c2ccc3c(c2)C(F)(F)Oc2c-3ccc(C)c2F)CC1. The number of alkyl halides is 2. The molecule has 0 aromatic heterocycles. The molecule has 31 heavy (non-hydrogen) atoms. The highest BCUT2D eigenvalue weighted by molar-refractivity contribution is 5.77. The minimum atomic E-state index is -3.53. The Bertz CT molecular complexity index is 913. The summed E-state index contributed by atoms with van der Waals surface area (Å²) in [6, 6.07) is 8.58. The molecule has 2 aromatic rings. The van der Waals surface area contributed by atoms with Gasteiger partial charge in [-0.2, -0.15) is 8.78 Å². The molecular weight excluding hydrogens is 397 g/mol. The van der Waals surface area contributed by atoms with Crippen LogP contribution in [0.25, 0.3) is 11.1 Å². The van der Waals surface area contributed by atoms with Crippen molar-refractivity contribution in [3.63, 3.8) is 0 Å². The third kappa shape index (κ3) is 4.63. The van der Waals surface area contributed by atoms with Crippen LogP contribution in [0.15, 0.2) is 30.3 Å². The van der Waals surface area contributed by atoms with Crippen LogP contribution < -0.4 is 4.74 Å². The molecule has 1 saturated carbocycles. The van der Waals surface area contributed by atoms with Crippen molar-refractivity contribution < 1.29 is 17.9 Å². The molecule has 1 aliphatic heterocycles. The van der Waals surface area contributed by atoms with Gasteiger partial charge < -0.3 is 4.74 Å². The maximum Gasteiger partial charge on any atom is 0.427 e. The molecule has 2 aliphatic rings. The largest absolute Gasteiger partial charge is 0.427 e. The Balaban J connectivity index is 1.46. The van der Waals surface area contributed by atoms with E-state index in [0.717, 1.165) is 24.3 Å². The number of aryl methyl sites for hydroxylation is 1. The van der Waals surface area contributed by atoms with Gasteiger partial charge in [0.25, 0.3) is 0 Å². The molecule has 0 atom stereocenters. The molecule has 4 rings (SSSR count). The third-order valence-corrected chi connectivity index (χ3v) is 7.20. The van der Waals surface area contributed by atoms with E-state index in [4.69, 9.17) is 4.74 Å². The van der Waals surface area contributed by atoms with Crippen molar-refractivity contribution >= 4 is 0 Å². The zero-order valence-electron chi connectivity index (χ0n) is 18.7. The van der Waals surface area contributed by atoms with Crippen LogP contribution in [0.2, 0.25) is 0 Å². The molecule has 1 nitrogen and oxygen atoms in total. The number of hydrogen-bond acceptors (Lipinski definition) is 1. The highest BCUT2D eigenvalue weighted by Gasteiger charge is 2.43. The van der Waals surface area contributed by atoms with Gasteiger partial charge in [0.2, 0.25) is 0 Å². The summed E-state index contributed by atoms with van der Waals surface area (Å²) in [5.74, 6) is 0.0385. The lowest BCUT2D eigenvalue weighted by Gasteiger charge is -2.32. The van der Waals surface area contributed by atoms with Crippen LogP contribution in [0.4, 0.5) is 13.2 Å². The van der Waals surface area contributed by atoms with E-state index in [0.29, 0.717) is 22.6 Å². The van der Waals surface area contributed by atoms with Crippen LogP contribution in [0.1, 0.15) is 93.7 Å². The van der Waals surface area contributed by atoms with Gasteiger partial charge in [-0.3, -0.25) is 0 Å². The first kappa shape index (κ1) is 22.2. The van der Waals surface area contributed by atoms with Crippen molar-refractivity contribution in [2.75, 3.05) is 0 Å². The second-order valence-corrected chi connectivity index (χ2v) is 9.42. The molecule has 0 bridgehead atoms. The molecular formula is C27H33F3O. The number of hydrogen-bond donors (Lipinski definition) is 0. The fourth-order valence-electron chi connectivity index (χ4n) is 5.26. The van der Waals surface area contributed by atoms with E-state index in [2.05, 4.69) is 6.92 Å². The molecule has 1 heterocycles. The molecule has 0 spiro atoms. The van der Waals surface area contributed by atoms with E-state index in [9.17, 15) is 13.2 Å². The number of halogens is 3. The molecule has 0 unspecified atom stereocenters. The predicted molar refractivity (Wildman–Crippen MR) is 119 cm³/mol. The lowest BCUT2D eigenvalue weighted by atomic mass is 9.76. The second-order valence-electron chi connectivity index (χ2n) is 9.42. The minimum Gasteiger partial charge on any atom is -0.425 e. The lowest BCUT2D eigenvalue weighted by molar-refractivity contribution is -0.188. The van der Waals surface area contributed by atoms with Crippen LogP contribution in [0.5, 0.6) is 5.75 Å². The summed E-state index contributed by atoms with van der Waals surface area (Å²) in [6.45, 7) is 3.79.